The number of nitrogens with one attached hydrogen (secondary N) is 1. The van der Waals surface area contributed by atoms with Crippen LogP contribution in [0.25, 0.3) is 0 Å². The molecule has 0 aliphatic rings. The van der Waals surface area contributed by atoms with E-state index in [0.717, 1.165) is 25.1 Å². The van der Waals surface area contributed by atoms with Crippen LogP contribution in [-0.4, -0.2) is 32.4 Å². The minimum atomic E-state index is -0.869. The molecule has 0 saturated carbocycles. The SMILES string of the molecule is Cc1nn(CCCCC(C)(NC(C)C)C(=O)O)cc1Cl. The third-order valence-electron chi connectivity index (χ3n) is 3.28. The quantitative estimate of drug-likeness (QED) is 0.725. The highest BCUT2D eigenvalue weighted by Crippen LogP contribution is 2.17. The van der Waals surface area contributed by atoms with Crippen LogP contribution in [0.15, 0.2) is 6.20 Å². The first kappa shape index (κ1) is 17.0. The number of unbranched alkanes of at least 4 members (excludes halogenated alkanes) is 1. The molecular weight excluding hydrogens is 278 g/mol. The topological polar surface area (TPSA) is 67.2 Å². The molecule has 0 aliphatic heterocycles. The average Bonchev–Trinajstić information content (AvgIpc) is 2.63. The van der Waals surface area contributed by atoms with Crippen molar-refractivity contribution in [3.8, 4) is 0 Å². The molecule has 1 rings (SSSR count). The normalized spacial score (nSPS) is 14.5. The van der Waals surface area contributed by atoms with E-state index in [1.54, 1.807) is 13.1 Å². The van der Waals surface area contributed by atoms with Crippen LogP contribution >= 0.6 is 11.6 Å². The van der Waals surface area contributed by atoms with Crippen molar-refractivity contribution < 1.29 is 9.90 Å². The predicted octanol–water partition coefficient (Wildman–Crippen LogP) is 2.86. The van der Waals surface area contributed by atoms with E-state index in [1.165, 1.54) is 0 Å². The Hall–Kier alpha value is -1.07. The number of carboxylic acid groups (broad SMARTS) is 1. The Bertz CT molecular complexity index is 440. The summed E-state index contributed by atoms with van der Waals surface area (Å²) in [7, 11) is 0. The molecule has 5 nitrogen and oxygen atoms in total. The van der Waals surface area contributed by atoms with Gasteiger partial charge in [-0.15, -0.1) is 0 Å². The number of aromatic nitrogens is 2. The van der Waals surface area contributed by atoms with E-state index in [-0.39, 0.29) is 6.04 Å². The fourth-order valence-corrected chi connectivity index (χ4v) is 2.39. The van der Waals surface area contributed by atoms with Crippen LogP contribution in [-0.2, 0) is 11.3 Å². The average molecular weight is 302 g/mol. The summed E-state index contributed by atoms with van der Waals surface area (Å²) in [6, 6.07) is 0.142. The molecule has 0 bridgehead atoms. The number of nitrogens with zero attached hydrogens (tertiary/aromatic N) is 2. The van der Waals surface area contributed by atoms with E-state index >= 15 is 0 Å². The second-order valence-corrected chi connectivity index (χ2v) is 6.13. The first-order valence-electron chi connectivity index (χ1n) is 6.95. The third-order valence-corrected chi connectivity index (χ3v) is 3.65. The molecule has 6 heteroatoms. The number of aliphatic carboxylic acids is 1. The zero-order valence-electron chi connectivity index (χ0n) is 12.6. The Balaban J connectivity index is 2.43. The number of hydrogen-bond acceptors (Lipinski definition) is 3. The van der Waals surface area contributed by atoms with Gasteiger partial charge in [0.25, 0.3) is 0 Å². The summed E-state index contributed by atoms with van der Waals surface area (Å²) in [6.45, 7) is 8.27. The number of halogens is 1. The number of rotatable bonds is 8. The van der Waals surface area contributed by atoms with Crippen molar-refractivity contribution in [1.29, 1.82) is 0 Å². The smallest absolute Gasteiger partial charge is 0.323 e. The van der Waals surface area contributed by atoms with Gasteiger partial charge in [-0.05, 0) is 47.0 Å². The Morgan fingerprint density at radius 3 is 2.65 bits per heavy atom. The van der Waals surface area contributed by atoms with Gasteiger partial charge in [0.1, 0.15) is 5.54 Å². The number of hydrogen-bond donors (Lipinski definition) is 2. The van der Waals surface area contributed by atoms with Gasteiger partial charge in [-0.1, -0.05) is 11.6 Å². The second kappa shape index (κ2) is 7.09. The van der Waals surface area contributed by atoms with E-state index in [1.807, 2.05) is 25.5 Å². The van der Waals surface area contributed by atoms with Crippen LogP contribution in [0.3, 0.4) is 0 Å². The Morgan fingerprint density at radius 2 is 2.20 bits per heavy atom. The maximum atomic E-state index is 11.4. The van der Waals surface area contributed by atoms with Crippen molar-refractivity contribution in [1.82, 2.24) is 15.1 Å². The lowest BCUT2D eigenvalue weighted by Crippen LogP contribution is -2.52. The molecule has 20 heavy (non-hydrogen) atoms. The largest absolute Gasteiger partial charge is 0.480 e. The summed E-state index contributed by atoms with van der Waals surface area (Å²) >= 11 is 5.94. The first-order valence-corrected chi connectivity index (χ1v) is 7.33. The summed E-state index contributed by atoms with van der Waals surface area (Å²) in [5, 5.41) is 17.4. The summed E-state index contributed by atoms with van der Waals surface area (Å²) in [5.74, 6) is -0.802. The summed E-state index contributed by atoms with van der Waals surface area (Å²) in [4.78, 5) is 11.4. The van der Waals surface area contributed by atoms with Crippen LogP contribution in [0.4, 0.5) is 0 Å². The number of aryl methyl sites for hydroxylation is 2. The van der Waals surface area contributed by atoms with Crippen LogP contribution < -0.4 is 5.32 Å². The zero-order chi connectivity index (χ0) is 15.3. The molecule has 1 aromatic heterocycles. The first-order chi connectivity index (χ1) is 9.24. The highest BCUT2D eigenvalue weighted by atomic mass is 35.5. The van der Waals surface area contributed by atoms with E-state index in [9.17, 15) is 9.90 Å². The minimum Gasteiger partial charge on any atom is -0.480 e. The maximum Gasteiger partial charge on any atom is 0.323 e. The van der Waals surface area contributed by atoms with Gasteiger partial charge in [0.05, 0.1) is 10.7 Å². The molecule has 1 atom stereocenters. The lowest BCUT2D eigenvalue weighted by molar-refractivity contribution is -0.144. The van der Waals surface area contributed by atoms with Gasteiger partial charge in [-0.3, -0.25) is 14.8 Å². The molecule has 0 radical (unpaired) electrons. The molecule has 0 spiro atoms. The van der Waals surface area contributed by atoms with Crippen LogP contribution in [0.1, 0.15) is 45.7 Å². The van der Waals surface area contributed by atoms with E-state index < -0.39 is 11.5 Å². The van der Waals surface area contributed by atoms with Gasteiger partial charge in [-0.2, -0.15) is 5.10 Å². The second-order valence-electron chi connectivity index (χ2n) is 5.72. The molecule has 0 fully saturated rings. The van der Waals surface area contributed by atoms with Gasteiger partial charge in [0.15, 0.2) is 0 Å². The van der Waals surface area contributed by atoms with Crippen molar-refractivity contribution >= 4 is 17.6 Å². The molecule has 1 heterocycles. The molecule has 1 aromatic rings. The predicted molar refractivity (Wildman–Crippen MR) is 80.1 cm³/mol. The van der Waals surface area contributed by atoms with E-state index in [2.05, 4.69) is 10.4 Å². The van der Waals surface area contributed by atoms with Crippen LogP contribution in [0.5, 0.6) is 0 Å². The summed E-state index contributed by atoms with van der Waals surface area (Å²) in [6.07, 6.45) is 4.09. The van der Waals surface area contributed by atoms with Crippen molar-refractivity contribution in [3.63, 3.8) is 0 Å². The maximum absolute atomic E-state index is 11.4. The van der Waals surface area contributed by atoms with Crippen LogP contribution in [0, 0.1) is 6.92 Å². The minimum absolute atomic E-state index is 0.142. The molecule has 1 unspecified atom stereocenters. The zero-order valence-corrected chi connectivity index (χ0v) is 13.4. The highest BCUT2D eigenvalue weighted by molar-refractivity contribution is 6.31. The highest BCUT2D eigenvalue weighted by Gasteiger charge is 2.32. The monoisotopic (exact) mass is 301 g/mol. The fraction of sp³-hybridized carbons (Fsp3) is 0.714. The third kappa shape index (κ3) is 4.80. The Morgan fingerprint density at radius 1 is 1.55 bits per heavy atom. The Labute approximate surface area is 125 Å². The molecule has 0 aromatic carbocycles. The van der Waals surface area contributed by atoms with E-state index in [4.69, 9.17) is 11.6 Å². The van der Waals surface area contributed by atoms with Gasteiger partial charge < -0.3 is 5.11 Å². The summed E-state index contributed by atoms with van der Waals surface area (Å²) < 4.78 is 1.81. The van der Waals surface area contributed by atoms with E-state index in [0.29, 0.717) is 11.4 Å². The number of carbonyl (C=O) groups is 1. The molecule has 0 aliphatic carbocycles. The van der Waals surface area contributed by atoms with Gasteiger partial charge >= 0.3 is 5.97 Å². The lowest BCUT2D eigenvalue weighted by Gasteiger charge is -2.28. The van der Waals surface area contributed by atoms with Crippen molar-refractivity contribution in [3.05, 3.63) is 16.9 Å². The van der Waals surface area contributed by atoms with Gasteiger partial charge in [0, 0.05) is 18.8 Å². The molecule has 2 N–H and O–H groups in total. The van der Waals surface area contributed by atoms with Crippen molar-refractivity contribution in [2.24, 2.45) is 0 Å². The Kier molecular flexibility index (Phi) is 6.02. The van der Waals surface area contributed by atoms with Crippen molar-refractivity contribution in [2.75, 3.05) is 0 Å². The van der Waals surface area contributed by atoms with Gasteiger partial charge in [0.2, 0.25) is 0 Å². The fourth-order valence-electron chi connectivity index (χ4n) is 2.24. The lowest BCUT2D eigenvalue weighted by atomic mass is 9.94. The number of carboxylic acids is 1. The standard InChI is InChI=1S/C14H24ClN3O2/c1-10(2)16-14(4,13(19)20)7-5-6-8-18-9-12(15)11(3)17-18/h9-10,16H,5-8H2,1-4H3,(H,19,20). The molecule has 0 amide bonds. The van der Waals surface area contributed by atoms with Crippen LogP contribution in [0.2, 0.25) is 5.02 Å². The molecular formula is C14H24ClN3O2. The van der Waals surface area contributed by atoms with Crippen molar-refractivity contribution in [2.45, 2.75) is 65.1 Å². The molecule has 0 saturated heterocycles. The summed E-state index contributed by atoms with van der Waals surface area (Å²) in [5.41, 5.74) is -0.0465. The van der Waals surface area contributed by atoms with Gasteiger partial charge in [-0.25, -0.2) is 0 Å². The molecule has 114 valence electrons.